The second kappa shape index (κ2) is 5.55. The summed E-state index contributed by atoms with van der Waals surface area (Å²) in [7, 11) is 0. The van der Waals surface area contributed by atoms with E-state index in [0.717, 1.165) is 18.4 Å². The molecule has 0 aromatic heterocycles. The zero-order valence-corrected chi connectivity index (χ0v) is 12.3. The zero-order chi connectivity index (χ0) is 15.7. The first-order valence-corrected chi connectivity index (χ1v) is 7.38. The highest BCUT2D eigenvalue weighted by Crippen LogP contribution is 2.38. The maximum Gasteiger partial charge on any atom is 0.273 e. The number of carbonyl (C=O) groups is 1. The van der Waals surface area contributed by atoms with Gasteiger partial charge in [-0.05, 0) is 54.3 Å². The van der Waals surface area contributed by atoms with Crippen molar-refractivity contribution in [1.29, 1.82) is 0 Å². The number of hydrogen-bond acceptors (Lipinski definition) is 2. The molecule has 22 heavy (non-hydrogen) atoms. The van der Waals surface area contributed by atoms with Gasteiger partial charge in [-0.25, -0.2) is 8.78 Å². The Balaban J connectivity index is 1.90. The minimum absolute atomic E-state index is 0.323. The average molecular weight is 304 g/mol. The molecule has 3 nitrogen and oxygen atoms in total. The molecule has 1 aromatic rings. The van der Waals surface area contributed by atoms with Crippen molar-refractivity contribution in [3.05, 3.63) is 53.8 Å². The number of rotatable bonds is 3. The van der Waals surface area contributed by atoms with Crippen molar-refractivity contribution in [3.8, 4) is 0 Å². The third-order valence-electron chi connectivity index (χ3n) is 4.39. The summed E-state index contributed by atoms with van der Waals surface area (Å²) in [6.45, 7) is 2.09. The summed E-state index contributed by atoms with van der Waals surface area (Å²) >= 11 is 0. The largest absolute Gasteiger partial charge is 0.369 e. The number of nitrogens with one attached hydrogen (secondary N) is 2. The number of alkyl halides is 2. The van der Waals surface area contributed by atoms with E-state index in [1.54, 1.807) is 12.1 Å². The highest BCUT2D eigenvalue weighted by atomic mass is 19.3. The molecule has 1 heterocycles. The Hall–Kier alpha value is -2.17. The lowest BCUT2D eigenvalue weighted by Crippen LogP contribution is -2.57. The number of aryl methyl sites for hydroxylation is 1. The highest BCUT2D eigenvalue weighted by Gasteiger charge is 2.45. The summed E-state index contributed by atoms with van der Waals surface area (Å²) in [6.07, 6.45) is 4.74. The maximum atomic E-state index is 13.5. The summed E-state index contributed by atoms with van der Waals surface area (Å²) in [5, 5.41) is 5.20. The van der Waals surface area contributed by atoms with Crippen LogP contribution in [-0.2, 0) is 11.2 Å². The molecular formula is C17H18F2N2O. The number of hydrogen-bond donors (Lipinski definition) is 2. The number of allylic oxidation sites excluding steroid dienone is 2. The molecule has 0 fully saturated rings. The third-order valence-corrected chi connectivity index (χ3v) is 4.39. The summed E-state index contributed by atoms with van der Waals surface area (Å²) in [5.41, 5.74) is 0.871. The Bertz CT molecular complexity index is 654. The number of benzene rings is 1. The second-order valence-electron chi connectivity index (χ2n) is 5.80. The summed E-state index contributed by atoms with van der Waals surface area (Å²) in [4.78, 5) is 12.5. The molecule has 2 unspecified atom stereocenters. The smallest absolute Gasteiger partial charge is 0.273 e. The molecule has 116 valence electrons. The number of anilines is 1. The van der Waals surface area contributed by atoms with Gasteiger partial charge in [0.2, 0.25) is 0 Å². The fraction of sp³-hybridized carbons (Fsp3) is 0.353. The van der Waals surface area contributed by atoms with Crippen LogP contribution in [0, 0.1) is 0 Å². The predicted octanol–water partition coefficient (Wildman–Crippen LogP) is 3.35. The Kier molecular flexibility index (Phi) is 3.72. The first kappa shape index (κ1) is 14.8. The van der Waals surface area contributed by atoms with Crippen molar-refractivity contribution in [3.63, 3.8) is 0 Å². The van der Waals surface area contributed by atoms with E-state index in [1.165, 1.54) is 23.9 Å². The van der Waals surface area contributed by atoms with Gasteiger partial charge in [-0.15, -0.1) is 0 Å². The van der Waals surface area contributed by atoms with Crippen LogP contribution >= 0.6 is 0 Å². The monoisotopic (exact) mass is 304 g/mol. The van der Waals surface area contributed by atoms with Crippen molar-refractivity contribution in [2.24, 2.45) is 0 Å². The van der Waals surface area contributed by atoms with Crippen molar-refractivity contribution < 1.29 is 13.6 Å². The number of fused-ring (bicyclic) bond motifs is 1. The van der Waals surface area contributed by atoms with E-state index in [0.29, 0.717) is 11.6 Å². The third kappa shape index (κ3) is 2.30. The lowest BCUT2D eigenvalue weighted by molar-refractivity contribution is -0.125. The fourth-order valence-corrected chi connectivity index (χ4v) is 3.14. The molecular weight excluding hydrogens is 286 g/mol. The number of halogens is 2. The lowest BCUT2D eigenvalue weighted by Gasteiger charge is -2.31. The first-order chi connectivity index (χ1) is 10.5. The molecule has 0 saturated heterocycles. The SMILES string of the molecule is CC1CCc2cccc(NC(=O)C3(C(F)F)C=CC=CN3)c21. The van der Waals surface area contributed by atoms with E-state index in [4.69, 9.17) is 0 Å². The van der Waals surface area contributed by atoms with Crippen LogP contribution in [0.1, 0.15) is 30.4 Å². The van der Waals surface area contributed by atoms with Crippen LogP contribution in [0.4, 0.5) is 14.5 Å². The van der Waals surface area contributed by atoms with Gasteiger partial charge >= 0.3 is 0 Å². The second-order valence-corrected chi connectivity index (χ2v) is 5.80. The molecule has 0 spiro atoms. The van der Waals surface area contributed by atoms with Gasteiger partial charge in [-0.1, -0.05) is 25.1 Å². The lowest BCUT2D eigenvalue weighted by atomic mass is 9.95. The predicted molar refractivity (Wildman–Crippen MR) is 82.0 cm³/mol. The number of dihydropyridines is 1. The molecule has 0 saturated carbocycles. The zero-order valence-electron chi connectivity index (χ0n) is 12.3. The molecule has 5 heteroatoms. The molecule has 1 aliphatic carbocycles. The van der Waals surface area contributed by atoms with Gasteiger partial charge in [0.15, 0.2) is 5.54 Å². The van der Waals surface area contributed by atoms with E-state index < -0.39 is 17.9 Å². The standard InChI is InChI=1S/C17H18F2N2O/c1-11-7-8-12-5-4-6-13(14(11)12)21-16(22)17(15(18)19)9-2-3-10-20-17/h2-6,9-11,15,20H,7-8H2,1H3,(H,21,22). The van der Waals surface area contributed by atoms with E-state index in [-0.39, 0.29) is 0 Å². The molecule has 2 atom stereocenters. The Labute approximate surface area is 128 Å². The van der Waals surface area contributed by atoms with E-state index in [2.05, 4.69) is 17.6 Å². The molecule has 2 N–H and O–H groups in total. The quantitative estimate of drug-likeness (QED) is 0.899. The Morgan fingerprint density at radius 2 is 2.23 bits per heavy atom. The van der Waals surface area contributed by atoms with Crippen LogP contribution < -0.4 is 10.6 Å². The van der Waals surface area contributed by atoms with Gasteiger partial charge in [-0.2, -0.15) is 0 Å². The van der Waals surface area contributed by atoms with E-state index >= 15 is 0 Å². The molecule has 3 rings (SSSR count). The minimum Gasteiger partial charge on any atom is -0.369 e. The van der Waals surface area contributed by atoms with E-state index in [9.17, 15) is 13.6 Å². The van der Waals surface area contributed by atoms with Crippen LogP contribution in [0.5, 0.6) is 0 Å². The van der Waals surface area contributed by atoms with Crippen LogP contribution in [0.2, 0.25) is 0 Å². The van der Waals surface area contributed by atoms with Crippen LogP contribution in [0.15, 0.2) is 42.6 Å². The molecule has 2 aliphatic rings. The minimum atomic E-state index is -2.84. The summed E-state index contributed by atoms with van der Waals surface area (Å²) in [6, 6.07) is 5.66. The van der Waals surface area contributed by atoms with Gasteiger partial charge in [0.1, 0.15) is 0 Å². The molecule has 1 aliphatic heterocycles. The fourth-order valence-electron chi connectivity index (χ4n) is 3.14. The Morgan fingerprint density at radius 1 is 1.41 bits per heavy atom. The maximum absolute atomic E-state index is 13.5. The van der Waals surface area contributed by atoms with Gasteiger partial charge in [0.05, 0.1) is 0 Å². The first-order valence-electron chi connectivity index (χ1n) is 7.38. The van der Waals surface area contributed by atoms with E-state index in [1.807, 2.05) is 12.1 Å². The molecule has 0 radical (unpaired) electrons. The highest BCUT2D eigenvalue weighted by molar-refractivity contribution is 6.01. The van der Waals surface area contributed by atoms with Crippen LogP contribution in [-0.4, -0.2) is 17.9 Å². The van der Waals surface area contributed by atoms with Crippen molar-refractivity contribution in [1.82, 2.24) is 5.32 Å². The molecule has 0 bridgehead atoms. The number of amides is 1. The normalized spacial score (nSPS) is 25.9. The van der Waals surface area contributed by atoms with Crippen LogP contribution in [0.3, 0.4) is 0 Å². The topological polar surface area (TPSA) is 41.1 Å². The number of carbonyl (C=O) groups excluding carboxylic acids is 1. The van der Waals surface area contributed by atoms with Gasteiger partial charge in [-0.3, -0.25) is 4.79 Å². The van der Waals surface area contributed by atoms with Crippen molar-refractivity contribution >= 4 is 11.6 Å². The summed E-state index contributed by atoms with van der Waals surface area (Å²) < 4.78 is 26.9. The van der Waals surface area contributed by atoms with Gasteiger partial charge < -0.3 is 10.6 Å². The Morgan fingerprint density at radius 3 is 2.91 bits per heavy atom. The van der Waals surface area contributed by atoms with Gasteiger partial charge in [0, 0.05) is 5.69 Å². The van der Waals surface area contributed by atoms with Crippen LogP contribution in [0.25, 0.3) is 0 Å². The van der Waals surface area contributed by atoms with Crippen molar-refractivity contribution in [2.75, 3.05) is 5.32 Å². The molecule has 1 amide bonds. The van der Waals surface area contributed by atoms with Crippen molar-refractivity contribution in [2.45, 2.75) is 37.6 Å². The summed E-state index contributed by atoms with van der Waals surface area (Å²) in [5.74, 6) is -0.417. The van der Waals surface area contributed by atoms with Gasteiger partial charge in [0.25, 0.3) is 12.3 Å². The average Bonchev–Trinajstić information content (AvgIpc) is 2.90. The molecule has 1 aromatic carbocycles.